The number of hydrogen-bond donors (Lipinski definition) is 2. The van der Waals surface area contributed by atoms with Crippen molar-refractivity contribution in [2.24, 2.45) is 0 Å². The van der Waals surface area contributed by atoms with Gasteiger partial charge in [0.1, 0.15) is 0 Å². The number of methoxy groups -OCH3 is 1. The fourth-order valence-corrected chi connectivity index (χ4v) is 2.88. The molecule has 0 aromatic carbocycles. The summed E-state index contributed by atoms with van der Waals surface area (Å²) >= 11 is 0. The molecule has 0 aromatic rings. The fourth-order valence-electron chi connectivity index (χ4n) is 1.71. The molecule has 19 heavy (non-hydrogen) atoms. The van der Waals surface area contributed by atoms with Crippen LogP contribution in [0, 0.1) is 0 Å². The second-order valence-corrected chi connectivity index (χ2v) is 6.10. The van der Waals surface area contributed by atoms with Crippen LogP contribution in [-0.4, -0.2) is 58.5 Å². The second kappa shape index (κ2) is 8.70. The highest BCUT2D eigenvalue weighted by Gasteiger charge is 2.23. The SMILES string of the molecule is COC(=O)CCN(C)S(=O)(=O)NC1CCNCC1.Cl. The van der Waals surface area contributed by atoms with E-state index in [4.69, 9.17) is 0 Å². The van der Waals surface area contributed by atoms with Gasteiger partial charge in [-0.25, -0.2) is 0 Å². The first-order chi connectivity index (χ1) is 8.45. The molecule has 0 unspecified atom stereocenters. The number of carbonyl (C=O) groups is 1. The molecule has 1 rings (SSSR count). The molecule has 1 heterocycles. The van der Waals surface area contributed by atoms with E-state index in [0.717, 1.165) is 30.2 Å². The monoisotopic (exact) mass is 315 g/mol. The highest BCUT2D eigenvalue weighted by atomic mass is 35.5. The van der Waals surface area contributed by atoms with Crippen molar-refractivity contribution in [2.75, 3.05) is 33.8 Å². The summed E-state index contributed by atoms with van der Waals surface area (Å²) in [7, 11) is -0.783. The molecule has 0 saturated carbocycles. The molecule has 114 valence electrons. The van der Waals surface area contributed by atoms with Crippen molar-refractivity contribution in [1.29, 1.82) is 0 Å². The maximum Gasteiger partial charge on any atom is 0.306 e. The molecule has 1 aliphatic heterocycles. The fraction of sp³-hybridized carbons (Fsp3) is 0.900. The number of rotatable bonds is 6. The van der Waals surface area contributed by atoms with E-state index >= 15 is 0 Å². The van der Waals surface area contributed by atoms with Crippen molar-refractivity contribution in [3.05, 3.63) is 0 Å². The molecule has 0 radical (unpaired) electrons. The van der Waals surface area contributed by atoms with E-state index in [1.807, 2.05) is 0 Å². The van der Waals surface area contributed by atoms with Gasteiger partial charge in [0.15, 0.2) is 0 Å². The van der Waals surface area contributed by atoms with Gasteiger partial charge in [0.2, 0.25) is 0 Å². The van der Waals surface area contributed by atoms with Gasteiger partial charge < -0.3 is 10.1 Å². The summed E-state index contributed by atoms with van der Waals surface area (Å²) in [5, 5.41) is 3.17. The minimum atomic E-state index is -3.52. The third-order valence-corrected chi connectivity index (χ3v) is 4.56. The Morgan fingerprint density at radius 1 is 1.42 bits per heavy atom. The van der Waals surface area contributed by atoms with Crippen LogP contribution >= 0.6 is 12.4 Å². The summed E-state index contributed by atoms with van der Waals surface area (Å²) in [6, 6.07) is -0.0307. The van der Waals surface area contributed by atoms with E-state index < -0.39 is 16.2 Å². The van der Waals surface area contributed by atoms with Gasteiger partial charge in [-0.15, -0.1) is 12.4 Å². The Bertz CT molecular complexity index is 371. The van der Waals surface area contributed by atoms with Crippen molar-refractivity contribution >= 4 is 28.6 Å². The molecule has 0 spiro atoms. The lowest BCUT2D eigenvalue weighted by atomic mass is 10.1. The number of ether oxygens (including phenoxy) is 1. The van der Waals surface area contributed by atoms with Crippen LogP contribution in [0.2, 0.25) is 0 Å². The summed E-state index contributed by atoms with van der Waals surface area (Å²) in [6.45, 7) is 1.76. The predicted octanol–water partition coefficient (Wildman–Crippen LogP) is -0.510. The van der Waals surface area contributed by atoms with E-state index in [-0.39, 0.29) is 31.4 Å². The summed E-state index contributed by atoms with van der Waals surface area (Å²) in [5.74, 6) is -0.418. The lowest BCUT2D eigenvalue weighted by Crippen LogP contribution is -2.48. The Morgan fingerprint density at radius 2 is 2.00 bits per heavy atom. The first-order valence-electron chi connectivity index (χ1n) is 5.97. The van der Waals surface area contributed by atoms with E-state index in [1.54, 1.807) is 0 Å². The van der Waals surface area contributed by atoms with Gasteiger partial charge in [0.25, 0.3) is 10.2 Å². The van der Waals surface area contributed by atoms with Gasteiger partial charge in [0.05, 0.1) is 13.5 Å². The number of piperidine rings is 1. The summed E-state index contributed by atoms with van der Waals surface area (Å²) in [5.41, 5.74) is 0. The van der Waals surface area contributed by atoms with Gasteiger partial charge in [-0.05, 0) is 25.9 Å². The standard InChI is InChI=1S/C10H21N3O4S.ClH/c1-13(8-5-10(14)17-2)18(15,16)12-9-3-6-11-7-4-9;/h9,11-12H,3-8H2,1-2H3;1H. The number of carbonyl (C=O) groups excluding carboxylic acids is 1. The predicted molar refractivity (Wildman–Crippen MR) is 74.5 cm³/mol. The minimum absolute atomic E-state index is 0. The average molecular weight is 316 g/mol. The van der Waals surface area contributed by atoms with Gasteiger partial charge in [-0.3, -0.25) is 4.79 Å². The number of nitrogens with zero attached hydrogens (tertiary/aromatic N) is 1. The van der Waals surface area contributed by atoms with Crippen LogP contribution in [0.3, 0.4) is 0 Å². The molecule has 0 atom stereocenters. The number of esters is 1. The number of nitrogens with one attached hydrogen (secondary N) is 2. The molecular formula is C10H22ClN3O4S. The summed E-state index contributed by atoms with van der Waals surface area (Å²) in [4.78, 5) is 11.0. The van der Waals surface area contributed by atoms with E-state index in [0.29, 0.717) is 0 Å². The van der Waals surface area contributed by atoms with E-state index in [9.17, 15) is 13.2 Å². The zero-order chi connectivity index (χ0) is 13.6. The van der Waals surface area contributed by atoms with E-state index in [1.165, 1.54) is 14.2 Å². The molecule has 2 N–H and O–H groups in total. The van der Waals surface area contributed by atoms with Gasteiger partial charge in [-0.1, -0.05) is 0 Å². The molecule has 1 saturated heterocycles. The maximum absolute atomic E-state index is 11.9. The normalized spacial score (nSPS) is 17.0. The van der Waals surface area contributed by atoms with Crippen molar-refractivity contribution in [3.8, 4) is 0 Å². The number of hydrogen-bond acceptors (Lipinski definition) is 5. The Morgan fingerprint density at radius 3 is 2.53 bits per heavy atom. The average Bonchev–Trinajstić information content (AvgIpc) is 2.36. The van der Waals surface area contributed by atoms with E-state index in [2.05, 4.69) is 14.8 Å². The molecule has 0 aliphatic carbocycles. The highest BCUT2D eigenvalue weighted by Crippen LogP contribution is 2.06. The lowest BCUT2D eigenvalue weighted by molar-refractivity contribution is -0.140. The van der Waals surface area contributed by atoms with Crippen LogP contribution in [0.4, 0.5) is 0 Å². The Hall–Kier alpha value is -0.410. The maximum atomic E-state index is 11.9. The van der Waals surface area contributed by atoms with Crippen LogP contribution in [0.25, 0.3) is 0 Å². The Labute approximate surface area is 120 Å². The molecule has 0 aromatic heterocycles. The van der Waals surface area contributed by atoms with Crippen LogP contribution in [-0.2, 0) is 19.7 Å². The van der Waals surface area contributed by atoms with Crippen LogP contribution in [0.15, 0.2) is 0 Å². The van der Waals surface area contributed by atoms with Crippen LogP contribution < -0.4 is 10.0 Å². The first-order valence-corrected chi connectivity index (χ1v) is 7.41. The number of halogens is 1. The minimum Gasteiger partial charge on any atom is -0.469 e. The quantitative estimate of drug-likeness (QED) is 0.645. The molecule has 1 fully saturated rings. The lowest BCUT2D eigenvalue weighted by Gasteiger charge is -2.26. The van der Waals surface area contributed by atoms with Gasteiger partial charge in [0, 0.05) is 19.6 Å². The topological polar surface area (TPSA) is 87.7 Å². The van der Waals surface area contributed by atoms with Crippen molar-refractivity contribution in [2.45, 2.75) is 25.3 Å². The third-order valence-electron chi connectivity index (χ3n) is 2.92. The van der Waals surface area contributed by atoms with Crippen molar-refractivity contribution < 1.29 is 17.9 Å². The van der Waals surface area contributed by atoms with Crippen molar-refractivity contribution in [1.82, 2.24) is 14.3 Å². The Kier molecular flexibility index (Phi) is 8.51. The molecular weight excluding hydrogens is 294 g/mol. The largest absolute Gasteiger partial charge is 0.469 e. The molecule has 0 amide bonds. The van der Waals surface area contributed by atoms with Crippen molar-refractivity contribution in [3.63, 3.8) is 0 Å². The van der Waals surface area contributed by atoms with Gasteiger partial charge >= 0.3 is 5.97 Å². The molecule has 0 bridgehead atoms. The molecule has 9 heteroatoms. The second-order valence-electron chi connectivity index (χ2n) is 4.29. The molecule has 1 aliphatic rings. The Balaban J connectivity index is 0.00000324. The van der Waals surface area contributed by atoms with Crippen LogP contribution in [0.5, 0.6) is 0 Å². The zero-order valence-corrected chi connectivity index (χ0v) is 12.8. The highest BCUT2D eigenvalue weighted by molar-refractivity contribution is 7.87. The zero-order valence-electron chi connectivity index (χ0n) is 11.2. The first kappa shape index (κ1) is 18.6. The van der Waals surface area contributed by atoms with Crippen LogP contribution in [0.1, 0.15) is 19.3 Å². The third kappa shape index (κ3) is 6.53. The smallest absolute Gasteiger partial charge is 0.306 e. The molecule has 7 nitrogen and oxygen atoms in total. The summed E-state index contributed by atoms with van der Waals surface area (Å²) < 4.78 is 32.1. The summed E-state index contributed by atoms with van der Waals surface area (Å²) in [6.07, 6.45) is 1.62. The van der Waals surface area contributed by atoms with Gasteiger partial charge in [-0.2, -0.15) is 17.4 Å².